The van der Waals surface area contributed by atoms with E-state index in [-0.39, 0.29) is 5.25 Å². The lowest BCUT2D eigenvalue weighted by molar-refractivity contribution is 0.0926. The quantitative estimate of drug-likeness (QED) is 0.668. The van der Waals surface area contributed by atoms with Crippen molar-refractivity contribution in [3.63, 3.8) is 0 Å². The van der Waals surface area contributed by atoms with E-state index in [2.05, 4.69) is 0 Å². The van der Waals surface area contributed by atoms with E-state index < -0.39 is 10.0 Å². The molecule has 1 saturated heterocycles. The summed E-state index contributed by atoms with van der Waals surface area (Å²) in [6, 6.07) is 0.313. The SMILES string of the molecule is CN1C2CCCCC2C2CCCCC2S1(=O)=O. The number of nitrogens with zero attached hydrogens (tertiary/aromatic N) is 1. The molecule has 98 valence electrons. The highest BCUT2D eigenvalue weighted by molar-refractivity contribution is 7.89. The molecule has 17 heavy (non-hydrogen) atoms. The molecule has 0 aromatic rings. The van der Waals surface area contributed by atoms with E-state index in [9.17, 15) is 8.42 Å². The highest BCUT2D eigenvalue weighted by atomic mass is 32.2. The third-order valence-corrected chi connectivity index (χ3v) is 7.76. The van der Waals surface area contributed by atoms with Gasteiger partial charge in [-0.2, -0.15) is 0 Å². The number of hydrogen-bond acceptors (Lipinski definition) is 2. The first-order valence-electron chi connectivity index (χ1n) is 7.09. The molecule has 0 aromatic carbocycles. The monoisotopic (exact) mass is 257 g/mol. The van der Waals surface area contributed by atoms with Crippen molar-refractivity contribution in [1.82, 2.24) is 4.31 Å². The number of sulfonamides is 1. The fourth-order valence-corrected chi connectivity index (χ4v) is 6.79. The standard InChI is InChI=1S/C13H23NO2S/c1-14-12-8-4-2-6-10(12)11-7-3-5-9-13(11)17(14,15)16/h10-13H,2-9H2,1H3. The highest BCUT2D eigenvalue weighted by Crippen LogP contribution is 2.47. The van der Waals surface area contributed by atoms with E-state index in [1.165, 1.54) is 25.7 Å². The minimum Gasteiger partial charge on any atom is -0.212 e. The minimum absolute atomic E-state index is 0.0550. The highest BCUT2D eigenvalue weighted by Gasteiger charge is 2.51. The van der Waals surface area contributed by atoms with Crippen LogP contribution in [0.25, 0.3) is 0 Å². The second-order valence-electron chi connectivity index (χ2n) is 6.06. The van der Waals surface area contributed by atoms with Crippen molar-refractivity contribution in [2.45, 2.75) is 62.7 Å². The van der Waals surface area contributed by atoms with Crippen LogP contribution in [0.5, 0.6) is 0 Å². The molecule has 1 aliphatic heterocycles. The summed E-state index contributed by atoms with van der Waals surface area (Å²) < 4.78 is 26.8. The van der Waals surface area contributed by atoms with Crippen LogP contribution in [0.2, 0.25) is 0 Å². The smallest absolute Gasteiger partial charge is 0.212 e. The Bertz CT molecular complexity index is 392. The van der Waals surface area contributed by atoms with Gasteiger partial charge in [-0.1, -0.05) is 25.7 Å². The van der Waals surface area contributed by atoms with Gasteiger partial charge in [-0.15, -0.1) is 0 Å². The summed E-state index contributed by atoms with van der Waals surface area (Å²) in [5.74, 6) is 1.12. The molecule has 1 heterocycles. The van der Waals surface area contributed by atoms with E-state index in [1.54, 1.807) is 4.31 Å². The molecule has 4 atom stereocenters. The summed E-state index contributed by atoms with van der Waals surface area (Å²) in [5.41, 5.74) is 0. The maximum atomic E-state index is 12.5. The Hall–Kier alpha value is -0.0900. The summed E-state index contributed by atoms with van der Waals surface area (Å²) in [6.45, 7) is 0. The first kappa shape index (κ1) is 12.0. The van der Waals surface area contributed by atoms with E-state index in [0.29, 0.717) is 17.9 Å². The van der Waals surface area contributed by atoms with Crippen molar-refractivity contribution in [3.8, 4) is 0 Å². The third-order valence-electron chi connectivity index (χ3n) is 5.34. The van der Waals surface area contributed by atoms with Crippen LogP contribution in [-0.2, 0) is 10.0 Å². The molecule has 4 heteroatoms. The maximum absolute atomic E-state index is 12.5. The van der Waals surface area contributed by atoms with Gasteiger partial charge in [0.25, 0.3) is 0 Å². The Morgan fingerprint density at radius 1 is 0.882 bits per heavy atom. The number of fused-ring (bicyclic) bond motifs is 3. The molecule has 0 bridgehead atoms. The molecule has 0 spiro atoms. The Labute approximate surface area is 105 Å². The predicted molar refractivity (Wildman–Crippen MR) is 68.2 cm³/mol. The van der Waals surface area contributed by atoms with Crippen molar-refractivity contribution in [2.24, 2.45) is 11.8 Å². The molecule has 4 unspecified atom stereocenters. The molecular weight excluding hydrogens is 234 g/mol. The molecular formula is C13H23NO2S. The van der Waals surface area contributed by atoms with Crippen molar-refractivity contribution in [2.75, 3.05) is 7.05 Å². The lowest BCUT2D eigenvalue weighted by Gasteiger charge is -2.51. The van der Waals surface area contributed by atoms with Gasteiger partial charge in [0.05, 0.1) is 5.25 Å². The van der Waals surface area contributed by atoms with Gasteiger partial charge in [-0.05, 0) is 37.5 Å². The Morgan fingerprint density at radius 2 is 1.47 bits per heavy atom. The Balaban J connectivity index is 1.97. The summed E-state index contributed by atoms with van der Waals surface area (Å²) in [4.78, 5) is 0. The van der Waals surface area contributed by atoms with Gasteiger partial charge in [0, 0.05) is 13.1 Å². The van der Waals surface area contributed by atoms with Gasteiger partial charge in [0.1, 0.15) is 0 Å². The average Bonchev–Trinajstić information content (AvgIpc) is 2.37. The van der Waals surface area contributed by atoms with E-state index in [1.807, 2.05) is 7.05 Å². The van der Waals surface area contributed by atoms with Crippen molar-refractivity contribution in [3.05, 3.63) is 0 Å². The van der Waals surface area contributed by atoms with Gasteiger partial charge >= 0.3 is 0 Å². The second-order valence-corrected chi connectivity index (χ2v) is 8.27. The van der Waals surface area contributed by atoms with Crippen molar-refractivity contribution < 1.29 is 8.42 Å². The van der Waals surface area contributed by atoms with Crippen LogP contribution in [0.4, 0.5) is 0 Å². The fraction of sp³-hybridized carbons (Fsp3) is 1.00. The zero-order valence-electron chi connectivity index (χ0n) is 10.6. The first-order valence-corrected chi connectivity index (χ1v) is 8.59. The van der Waals surface area contributed by atoms with Crippen LogP contribution in [0, 0.1) is 11.8 Å². The first-order chi connectivity index (χ1) is 8.12. The van der Waals surface area contributed by atoms with Crippen LogP contribution in [0.15, 0.2) is 0 Å². The average molecular weight is 257 g/mol. The molecule has 0 N–H and O–H groups in total. The molecule has 0 radical (unpaired) electrons. The largest absolute Gasteiger partial charge is 0.217 e. The summed E-state index contributed by atoms with van der Waals surface area (Å²) >= 11 is 0. The zero-order valence-corrected chi connectivity index (χ0v) is 11.5. The van der Waals surface area contributed by atoms with Gasteiger partial charge in [0.2, 0.25) is 10.0 Å². The van der Waals surface area contributed by atoms with Crippen LogP contribution in [0.3, 0.4) is 0 Å². The molecule has 2 saturated carbocycles. The Kier molecular flexibility index (Phi) is 2.98. The summed E-state index contributed by atoms with van der Waals surface area (Å²) in [5, 5.41) is -0.0550. The lowest BCUT2D eigenvalue weighted by atomic mass is 9.70. The van der Waals surface area contributed by atoms with E-state index >= 15 is 0 Å². The number of rotatable bonds is 0. The van der Waals surface area contributed by atoms with Gasteiger partial charge in [-0.25, -0.2) is 12.7 Å². The zero-order chi connectivity index (χ0) is 12.0. The Morgan fingerprint density at radius 3 is 2.24 bits per heavy atom. The maximum Gasteiger partial charge on any atom is 0.217 e. The van der Waals surface area contributed by atoms with E-state index in [4.69, 9.17) is 0 Å². The molecule has 3 fully saturated rings. The summed E-state index contributed by atoms with van der Waals surface area (Å²) in [7, 11) is -1.18. The van der Waals surface area contributed by atoms with Crippen molar-refractivity contribution in [1.29, 1.82) is 0 Å². The molecule has 2 aliphatic carbocycles. The summed E-state index contributed by atoms with van der Waals surface area (Å²) in [6.07, 6.45) is 9.25. The molecule has 3 nitrogen and oxygen atoms in total. The van der Waals surface area contributed by atoms with Crippen LogP contribution in [-0.4, -0.2) is 31.1 Å². The van der Waals surface area contributed by atoms with Gasteiger partial charge in [-0.3, -0.25) is 0 Å². The van der Waals surface area contributed by atoms with Gasteiger partial charge < -0.3 is 0 Å². The molecule has 0 amide bonds. The molecule has 0 aromatic heterocycles. The molecule has 3 aliphatic rings. The topological polar surface area (TPSA) is 37.4 Å². The van der Waals surface area contributed by atoms with Crippen LogP contribution < -0.4 is 0 Å². The fourth-order valence-electron chi connectivity index (χ4n) is 4.48. The third kappa shape index (κ3) is 1.75. The molecule has 3 rings (SSSR count). The normalized spacial score (nSPS) is 45.9. The van der Waals surface area contributed by atoms with Crippen LogP contribution in [0.1, 0.15) is 51.4 Å². The van der Waals surface area contributed by atoms with Crippen LogP contribution >= 0.6 is 0 Å². The predicted octanol–water partition coefficient (Wildman–Crippen LogP) is 2.38. The minimum atomic E-state index is -3.00. The lowest BCUT2D eigenvalue weighted by Crippen LogP contribution is -2.58. The van der Waals surface area contributed by atoms with E-state index in [0.717, 1.165) is 25.7 Å². The second kappa shape index (κ2) is 4.23. The number of hydrogen-bond donors (Lipinski definition) is 0. The van der Waals surface area contributed by atoms with Gasteiger partial charge in [0.15, 0.2) is 0 Å². The van der Waals surface area contributed by atoms with Crippen molar-refractivity contribution >= 4 is 10.0 Å².